The van der Waals surface area contributed by atoms with E-state index in [9.17, 15) is 23.1 Å². The van der Waals surface area contributed by atoms with Crippen LogP contribution >= 0.6 is 11.6 Å². The lowest BCUT2D eigenvalue weighted by molar-refractivity contribution is -0.276. The number of nitrogens with zero attached hydrogens (tertiary/aromatic N) is 2. The number of halogens is 4. The van der Waals surface area contributed by atoms with E-state index in [1.165, 1.54) is 50.4 Å². The lowest BCUT2D eigenvalue weighted by Gasteiger charge is -2.35. The molecule has 0 saturated carbocycles. The summed E-state index contributed by atoms with van der Waals surface area (Å²) < 4.78 is 53.1. The zero-order chi connectivity index (χ0) is 26.0. The molecule has 2 atom stereocenters. The number of aryl methyl sites for hydroxylation is 1. The highest BCUT2D eigenvalue weighted by atomic mass is 35.5. The fourth-order valence-electron chi connectivity index (χ4n) is 3.53. The highest BCUT2D eigenvalue weighted by Crippen LogP contribution is 2.49. The Hall–Kier alpha value is -3.37. The Morgan fingerprint density at radius 2 is 1.86 bits per heavy atom. The van der Waals surface area contributed by atoms with Crippen LogP contribution in [0.1, 0.15) is 45.7 Å². The number of rotatable bonds is 8. The molecule has 186 valence electrons. The van der Waals surface area contributed by atoms with Crippen molar-refractivity contribution in [3.63, 3.8) is 0 Å². The molecule has 3 aromatic rings. The van der Waals surface area contributed by atoms with Gasteiger partial charge >= 0.3 is 12.1 Å². The number of carboxylic acids is 1. The van der Waals surface area contributed by atoms with E-state index in [-0.39, 0.29) is 28.5 Å². The molecule has 0 amide bonds. The van der Waals surface area contributed by atoms with Gasteiger partial charge in [-0.25, -0.2) is 4.79 Å². The van der Waals surface area contributed by atoms with E-state index < -0.39 is 29.4 Å². The lowest BCUT2D eigenvalue weighted by atomic mass is 9.80. The van der Waals surface area contributed by atoms with Crippen molar-refractivity contribution in [2.75, 3.05) is 7.11 Å². The van der Waals surface area contributed by atoms with Crippen LogP contribution in [0.15, 0.2) is 48.8 Å². The third-order valence-electron chi connectivity index (χ3n) is 5.60. The van der Waals surface area contributed by atoms with Crippen LogP contribution in [0.4, 0.5) is 13.2 Å². The summed E-state index contributed by atoms with van der Waals surface area (Å²) >= 11 is 6.30. The molecule has 0 radical (unpaired) electrons. The minimum atomic E-state index is -5.06. The maximum Gasteiger partial charge on any atom is 0.423 e. The van der Waals surface area contributed by atoms with E-state index in [4.69, 9.17) is 26.2 Å². The fourth-order valence-corrected chi connectivity index (χ4v) is 3.87. The Labute approximate surface area is 204 Å². The molecular weight excluding hydrogens is 489 g/mol. The lowest BCUT2D eigenvalue weighted by Crippen LogP contribution is -2.47. The van der Waals surface area contributed by atoms with E-state index in [1.807, 2.05) is 0 Å². The summed E-state index contributed by atoms with van der Waals surface area (Å²) in [6.07, 6.45) is -3.02. The second-order valence-corrected chi connectivity index (χ2v) is 8.24. The largest absolute Gasteiger partial charge is 0.496 e. The number of hydrogen-bond acceptors (Lipinski definition) is 6. The molecule has 0 spiro atoms. The van der Waals surface area contributed by atoms with Crippen LogP contribution in [0, 0.1) is 6.92 Å². The number of ether oxygens (including phenoxy) is 2. The molecule has 0 aliphatic carbocycles. The van der Waals surface area contributed by atoms with Crippen LogP contribution in [0.3, 0.4) is 0 Å². The van der Waals surface area contributed by atoms with Gasteiger partial charge in [0.05, 0.1) is 24.6 Å². The minimum absolute atomic E-state index is 0.0141. The first-order valence-corrected chi connectivity index (χ1v) is 10.7. The van der Waals surface area contributed by atoms with E-state index >= 15 is 0 Å². The number of hydrogen-bond donors (Lipinski definition) is 2. The number of methoxy groups -OCH3 is 1. The SMILES string of the molecule is COc1cc(C(=O)O)ccc1COc1ccc([C@@H](C)[C@@](O)(c2cnc(C)cn2)C(F)(F)F)c(Cl)c1. The normalized spacial score (nSPS) is 14.2. The number of carbonyl (C=O) groups is 1. The van der Waals surface area contributed by atoms with Gasteiger partial charge in [0.1, 0.15) is 23.8 Å². The zero-order valence-corrected chi connectivity index (χ0v) is 19.7. The molecule has 0 saturated heterocycles. The first kappa shape index (κ1) is 26.2. The molecule has 3 rings (SSSR count). The fraction of sp³-hybridized carbons (Fsp3) is 0.292. The molecule has 0 bridgehead atoms. The third kappa shape index (κ3) is 5.33. The summed E-state index contributed by atoms with van der Waals surface area (Å²) in [6, 6.07) is 8.38. The summed E-state index contributed by atoms with van der Waals surface area (Å²) in [6.45, 7) is 2.75. The van der Waals surface area contributed by atoms with Gasteiger partial charge in [0, 0.05) is 22.7 Å². The molecule has 0 unspecified atom stereocenters. The summed E-state index contributed by atoms with van der Waals surface area (Å²) in [7, 11) is 1.39. The van der Waals surface area contributed by atoms with Crippen molar-refractivity contribution < 1.29 is 37.7 Å². The highest BCUT2D eigenvalue weighted by Gasteiger charge is 2.60. The Kier molecular flexibility index (Phi) is 7.56. The summed E-state index contributed by atoms with van der Waals surface area (Å²) in [4.78, 5) is 18.7. The van der Waals surface area contributed by atoms with Gasteiger partial charge in [-0.2, -0.15) is 13.2 Å². The molecule has 7 nitrogen and oxygen atoms in total. The predicted octanol–water partition coefficient (Wildman–Crippen LogP) is 5.28. The van der Waals surface area contributed by atoms with Crippen molar-refractivity contribution >= 4 is 17.6 Å². The molecule has 1 aromatic heterocycles. The third-order valence-corrected chi connectivity index (χ3v) is 5.92. The van der Waals surface area contributed by atoms with Crippen LogP contribution in [-0.2, 0) is 12.2 Å². The van der Waals surface area contributed by atoms with Gasteiger partial charge in [-0.3, -0.25) is 9.97 Å². The molecule has 2 N–H and O–H groups in total. The molecular formula is C24H22ClF3N2O5. The van der Waals surface area contributed by atoms with Gasteiger partial charge in [0.2, 0.25) is 5.60 Å². The highest BCUT2D eigenvalue weighted by molar-refractivity contribution is 6.31. The van der Waals surface area contributed by atoms with Crippen molar-refractivity contribution in [3.05, 3.63) is 81.9 Å². The first-order chi connectivity index (χ1) is 16.4. The quantitative estimate of drug-likeness (QED) is 0.425. The van der Waals surface area contributed by atoms with Crippen LogP contribution in [0.5, 0.6) is 11.5 Å². The molecule has 2 aromatic carbocycles. The molecule has 35 heavy (non-hydrogen) atoms. The first-order valence-electron chi connectivity index (χ1n) is 10.3. The van der Waals surface area contributed by atoms with Gasteiger partial charge in [-0.1, -0.05) is 30.7 Å². The molecule has 1 heterocycles. The zero-order valence-electron chi connectivity index (χ0n) is 18.9. The Morgan fingerprint density at radius 1 is 1.14 bits per heavy atom. The van der Waals surface area contributed by atoms with Crippen LogP contribution in [0.2, 0.25) is 5.02 Å². The van der Waals surface area contributed by atoms with E-state index in [0.717, 1.165) is 12.4 Å². The van der Waals surface area contributed by atoms with Gasteiger partial charge in [0.15, 0.2) is 0 Å². The Bertz CT molecular complexity index is 1220. The predicted molar refractivity (Wildman–Crippen MR) is 121 cm³/mol. The van der Waals surface area contributed by atoms with Gasteiger partial charge in [-0.15, -0.1) is 0 Å². The summed E-state index contributed by atoms with van der Waals surface area (Å²) in [5.41, 5.74) is -2.95. The number of alkyl halides is 3. The second kappa shape index (κ2) is 10.1. The second-order valence-electron chi connectivity index (χ2n) is 7.83. The van der Waals surface area contributed by atoms with E-state index in [1.54, 1.807) is 6.92 Å². The molecule has 0 aliphatic heterocycles. The summed E-state index contributed by atoms with van der Waals surface area (Å²) in [5.74, 6) is -2.08. The average Bonchev–Trinajstić information content (AvgIpc) is 2.81. The Morgan fingerprint density at radius 3 is 2.40 bits per heavy atom. The maximum absolute atomic E-state index is 14.1. The van der Waals surface area contributed by atoms with Crippen LogP contribution in [-0.4, -0.2) is 39.4 Å². The summed E-state index contributed by atoms with van der Waals surface area (Å²) in [5, 5.41) is 19.9. The van der Waals surface area contributed by atoms with Gasteiger partial charge in [0.25, 0.3) is 0 Å². The number of aliphatic hydroxyl groups is 1. The standard InChI is InChI=1S/C24H22ClF3N2O5/c1-13-10-30-21(11-29-13)23(33,24(26,27)28)14(2)18-7-6-17(9-19(18)25)35-12-16-5-4-15(22(31)32)8-20(16)34-3/h4-11,14,33H,12H2,1-3H3,(H,31,32)/t14-,23-/m1/s1. The van der Waals surface area contributed by atoms with Crippen molar-refractivity contribution in [3.8, 4) is 11.5 Å². The topological polar surface area (TPSA) is 102 Å². The Balaban J connectivity index is 1.87. The number of carboxylic acid groups (broad SMARTS) is 1. The number of aromatic nitrogens is 2. The number of benzene rings is 2. The van der Waals surface area contributed by atoms with Crippen molar-refractivity contribution in [1.29, 1.82) is 0 Å². The van der Waals surface area contributed by atoms with E-state index in [2.05, 4.69) is 9.97 Å². The monoisotopic (exact) mass is 510 g/mol. The average molecular weight is 511 g/mol. The smallest absolute Gasteiger partial charge is 0.423 e. The maximum atomic E-state index is 14.1. The minimum Gasteiger partial charge on any atom is -0.496 e. The molecule has 0 fully saturated rings. The number of aromatic carboxylic acids is 1. The van der Waals surface area contributed by atoms with Crippen molar-refractivity contribution in [2.24, 2.45) is 0 Å². The van der Waals surface area contributed by atoms with Gasteiger partial charge in [-0.05, 0) is 36.8 Å². The van der Waals surface area contributed by atoms with E-state index in [0.29, 0.717) is 17.0 Å². The van der Waals surface area contributed by atoms with Crippen LogP contribution < -0.4 is 9.47 Å². The molecule has 11 heteroatoms. The van der Waals surface area contributed by atoms with Gasteiger partial charge < -0.3 is 19.7 Å². The van der Waals surface area contributed by atoms with Crippen molar-refractivity contribution in [2.45, 2.75) is 38.1 Å². The van der Waals surface area contributed by atoms with Crippen LogP contribution in [0.25, 0.3) is 0 Å². The molecule has 0 aliphatic rings. The van der Waals surface area contributed by atoms with Crippen molar-refractivity contribution in [1.82, 2.24) is 9.97 Å².